The lowest BCUT2D eigenvalue weighted by atomic mass is 10.2. The first kappa shape index (κ1) is 31.1. The average Bonchev–Trinajstić information content (AvgIpc) is 3.49. The molecule has 4 aromatic rings. The third-order valence-electron chi connectivity index (χ3n) is 3.58. The highest BCUT2D eigenvalue weighted by Crippen LogP contribution is 2.28. The number of esters is 1. The summed E-state index contributed by atoms with van der Waals surface area (Å²) >= 11 is 14.6. The Balaban J connectivity index is 0.000000544. The van der Waals surface area contributed by atoms with Gasteiger partial charge in [-0.2, -0.15) is 0 Å². The van der Waals surface area contributed by atoms with E-state index in [0.29, 0.717) is 9.90 Å². The molecule has 0 saturated carbocycles. The van der Waals surface area contributed by atoms with Crippen LogP contribution < -0.4 is 0 Å². The smallest absolute Gasteiger partial charge is 0.380 e. The summed E-state index contributed by atoms with van der Waals surface area (Å²) in [6.45, 7) is 13.9. The maximum Gasteiger partial charge on any atom is 0.380 e. The Morgan fingerprint density at radius 1 is 0.788 bits per heavy atom. The molecule has 0 saturated heterocycles. The Hall–Kier alpha value is -1.92. The number of carbonyl (C=O) groups is 2. The molecule has 0 radical (unpaired) electrons. The fourth-order valence-corrected chi connectivity index (χ4v) is 4.46. The van der Waals surface area contributed by atoms with Crippen molar-refractivity contribution in [2.75, 3.05) is 6.61 Å². The SMILES string of the molecule is CC.CC.CC.CCOC(=O)C(=O)c1cc2cc(Cl)ccc2s1.Clc1ccc2sccc2c1. The van der Waals surface area contributed by atoms with Gasteiger partial charge < -0.3 is 4.74 Å². The van der Waals surface area contributed by atoms with Gasteiger partial charge in [-0.05, 0) is 71.6 Å². The fraction of sp³-hybridized carbons (Fsp3) is 0.308. The molecule has 180 valence electrons. The summed E-state index contributed by atoms with van der Waals surface area (Å²) in [6.07, 6.45) is 0. The van der Waals surface area contributed by atoms with Gasteiger partial charge in [-0.3, -0.25) is 4.79 Å². The summed E-state index contributed by atoms with van der Waals surface area (Å²) < 4.78 is 6.88. The maximum atomic E-state index is 11.7. The molecule has 0 spiro atoms. The summed E-state index contributed by atoms with van der Waals surface area (Å²) in [4.78, 5) is 23.4. The molecule has 0 aliphatic carbocycles. The highest BCUT2D eigenvalue weighted by atomic mass is 35.5. The minimum atomic E-state index is -0.815. The Kier molecular flexibility index (Phi) is 16.5. The van der Waals surface area contributed by atoms with E-state index in [-0.39, 0.29) is 6.61 Å². The van der Waals surface area contributed by atoms with Crippen molar-refractivity contribution in [3.8, 4) is 0 Å². The minimum Gasteiger partial charge on any atom is -0.460 e. The van der Waals surface area contributed by atoms with E-state index in [2.05, 4.69) is 16.2 Å². The lowest BCUT2D eigenvalue weighted by Crippen LogP contribution is -2.16. The second kappa shape index (κ2) is 17.5. The van der Waals surface area contributed by atoms with Gasteiger partial charge >= 0.3 is 5.97 Å². The van der Waals surface area contributed by atoms with Crippen molar-refractivity contribution in [3.05, 3.63) is 68.8 Å². The molecule has 2 aromatic heterocycles. The Bertz CT molecular complexity index is 1120. The molecule has 7 heteroatoms. The van der Waals surface area contributed by atoms with Crippen LogP contribution in [-0.2, 0) is 9.53 Å². The maximum absolute atomic E-state index is 11.7. The van der Waals surface area contributed by atoms with Crippen LogP contribution in [0.5, 0.6) is 0 Å². The van der Waals surface area contributed by atoms with Gasteiger partial charge in [-0.1, -0.05) is 64.7 Å². The molecule has 0 amide bonds. The predicted molar refractivity (Wildman–Crippen MR) is 149 cm³/mol. The lowest BCUT2D eigenvalue weighted by Gasteiger charge is -1.96. The van der Waals surface area contributed by atoms with Crippen LogP contribution in [0.1, 0.15) is 58.1 Å². The number of fused-ring (bicyclic) bond motifs is 2. The van der Waals surface area contributed by atoms with E-state index < -0.39 is 11.8 Å². The first-order chi connectivity index (χ1) is 16.0. The molecule has 0 aliphatic rings. The van der Waals surface area contributed by atoms with E-state index in [1.54, 1.807) is 36.5 Å². The van der Waals surface area contributed by atoms with Gasteiger partial charge in [0.1, 0.15) is 0 Å². The quantitative estimate of drug-likeness (QED) is 0.151. The third kappa shape index (κ3) is 9.85. The van der Waals surface area contributed by atoms with Crippen LogP contribution in [0.15, 0.2) is 53.9 Å². The van der Waals surface area contributed by atoms with Gasteiger partial charge in [0.15, 0.2) is 0 Å². The van der Waals surface area contributed by atoms with Crippen LogP contribution in [-0.4, -0.2) is 18.4 Å². The van der Waals surface area contributed by atoms with E-state index >= 15 is 0 Å². The number of benzene rings is 2. The first-order valence-electron chi connectivity index (χ1n) is 11.0. The van der Waals surface area contributed by atoms with E-state index in [1.165, 1.54) is 21.4 Å². The molecule has 0 atom stereocenters. The number of halogens is 2. The third-order valence-corrected chi connectivity index (χ3v) is 6.06. The molecule has 4 rings (SSSR count). The summed E-state index contributed by atoms with van der Waals surface area (Å²) in [7, 11) is 0. The molecule has 2 heterocycles. The van der Waals surface area contributed by atoms with Crippen molar-refractivity contribution >= 4 is 77.8 Å². The van der Waals surface area contributed by atoms with Crippen molar-refractivity contribution < 1.29 is 14.3 Å². The zero-order valence-corrected chi connectivity index (χ0v) is 23.3. The zero-order chi connectivity index (χ0) is 25.4. The standard InChI is InChI=1S/C12H9ClO3S.C8H5ClS.3C2H6/c1-2-16-12(15)11(14)10-6-7-5-8(13)3-4-9(7)17-10;9-7-1-2-8-6(5-7)3-4-10-8;3*1-2/h3-6H,2H2,1H3;1-5H;3*1-2H3. The number of ether oxygens (including phenoxy) is 1. The van der Waals surface area contributed by atoms with Gasteiger partial charge in [0.2, 0.25) is 0 Å². The minimum absolute atomic E-state index is 0.196. The van der Waals surface area contributed by atoms with Crippen LogP contribution in [0.4, 0.5) is 0 Å². The molecule has 0 fully saturated rings. The monoisotopic (exact) mass is 526 g/mol. The Morgan fingerprint density at radius 3 is 1.91 bits per heavy atom. The molecule has 33 heavy (non-hydrogen) atoms. The molecule has 2 aromatic carbocycles. The van der Waals surface area contributed by atoms with E-state index in [4.69, 9.17) is 23.2 Å². The van der Waals surface area contributed by atoms with Gasteiger partial charge in [-0.15, -0.1) is 22.7 Å². The largest absolute Gasteiger partial charge is 0.460 e. The zero-order valence-electron chi connectivity index (χ0n) is 20.2. The second-order valence-electron chi connectivity index (χ2n) is 5.45. The summed E-state index contributed by atoms with van der Waals surface area (Å²) in [6, 6.07) is 15.0. The normalized spacial score (nSPS) is 9.12. The summed E-state index contributed by atoms with van der Waals surface area (Å²) in [5.41, 5.74) is 0. The van der Waals surface area contributed by atoms with Crippen LogP contribution >= 0.6 is 45.9 Å². The van der Waals surface area contributed by atoms with Gasteiger partial charge in [0.25, 0.3) is 5.78 Å². The molecular weight excluding hydrogens is 495 g/mol. The molecule has 0 aliphatic heterocycles. The van der Waals surface area contributed by atoms with Gasteiger partial charge in [0, 0.05) is 19.4 Å². The second-order valence-corrected chi connectivity index (χ2v) is 8.35. The fourth-order valence-electron chi connectivity index (χ4n) is 2.36. The van der Waals surface area contributed by atoms with Crippen molar-refractivity contribution in [2.24, 2.45) is 0 Å². The number of ketones is 1. The number of carbonyl (C=O) groups excluding carboxylic acids is 2. The first-order valence-corrected chi connectivity index (χ1v) is 13.5. The molecule has 3 nitrogen and oxygen atoms in total. The van der Waals surface area contributed by atoms with E-state index in [9.17, 15) is 9.59 Å². The number of thiophene rings is 2. The Labute approximate surface area is 215 Å². The van der Waals surface area contributed by atoms with Gasteiger partial charge in [0.05, 0.1) is 11.5 Å². The number of hydrogen-bond acceptors (Lipinski definition) is 5. The number of rotatable bonds is 3. The van der Waals surface area contributed by atoms with Crippen molar-refractivity contribution in [2.45, 2.75) is 48.5 Å². The molecule has 0 N–H and O–H groups in total. The van der Waals surface area contributed by atoms with Crippen LogP contribution in [0, 0.1) is 0 Å². The average molecular weight is 528 g/mol. The van der Waals surface area contributed by atoms with Crippen molar-refractivity contribution in [3.63, 3.8) is 0 Å². The van der Waals surface area contributed by atoms with Crippen molar-refractivity contribution in [1.29, 1.82) is 0 Å². The van der Waals surface area contributed by atoms with Crippen LogP contribution in [0.2, 0.25) is 10.0 Å². The van der Waals surface area contributed by atoms with Crippen molar-refractivity contribution in [1.82, 2.24) is 0 Å². The summed E-state index contributed by atoms with van der Waals surface area (Å²) in [5.74, 6) is -1.42. The van der Waals surface area contributed by atoms with E-state index in [1.807, 2.05) is 65.8 Å². The molecule has 0 bridgehead atoms. The highest BCUT2D eigenvalue weighted by molar-refractivity contribution is 7.21. The molecule has 0 unspecified atom stereocenters. The topological polar surface area (TPSA) is 43.4 Å². The summed E-state index contributed by atoms with van der Waals surface area (Å²) in [5, 5.41) is 5.57. The predicted octanol–water partition coefficient (Wildman–Crippen LogP) is 9.93. The lowest BCUT2D eigenvalue weighted by molar-refractivity contribution is -0.137. The van der Waals surface area contributed by atoms with E-state index in [0.717, 1.165) is 15.1 Å². The van der Waals surface area contributed by atoms with Crippen LogP contribution in [0.25, 0.3) is 20.2 Å². The Morgan fingerprint density at radius 2 is 1.33 bits per heavy atom. The van der Waals surface area contributed by atoms with Crippen LogP contribution in [0.3, 0.4) is 0 Å². The highest BCUT2D eigenvalue weighted by Gasteiger charge is 2.19. The molecular formula is C26H32Cl2O3S2. The van der Waals surface area contributed by atoms with Gasteiger partial charge in [-0.25, -0.2) is 4.79 Å². The number of hydrogen-bond donors (Lipinski definition) is 0. The number of Topliss-reactive ketones (excluding diaryl/α,β-unsaturated/α-hetero) is 1.